The molecule has 5 unspecified atom stereocenters. The van der Waals surface area contributed by atoms with Crippen LogP contribution >= 0.6 is 0 Å². The van der Waals surface area contributed by atoms with Gasteiger partial charge in [0.15, 0.2) is 5.78 Å². The second kappa shape index (κ2) is 11.9. The summed E-state index contributed by atoms with van der Waals surface area (Å²) < 4.78 is 5.10. The third-order valence-corrected chi connectivity index (χ3v) is 5.95. The molecule has 0 aromatic heterocycles. The number of aldehydes is 1. The molecular weight excluding hydrogens is 408 g/mol. The van der Waals surface area contributed by atoms with E-state index in [1.54, 1.807) is 13.8 Å². The number of carbonyl (C=O) groups is 5. The number of carboxylic acids is 1. The van der Waals surface area contributed by atoms with Crippen LogP contribution in [0.1, 0.15) is 59.3 Å². The van der Waals surface area contributed by atoms with Crippen molar-refractivity contribution in [3.05, 3.63) is 11.6 Å². The number of carbonyl (C=O) groups excluding carboxylic acids is 4. The van der Waals surface area contributed by atoms with Gasteiger partial charge in [0.2, 0.25) is 0 Å². The van der Waals surface area contributed by atoms with Gasteiger partial charge in [-0.25, -0.2) is 4.79 Å². The monoisotopic (exact) mass is 440 g/mol. The Bertz CT molecular complexity index is 726. The van der Waals surface area contributed by atoms with Gasteiger partial charge in [-0.2, -0.15) is 0 Å². The molecule has 0 heterocycles. The average molecular weight is 440 g/mol. The molecule has 0 aromatic rings. The Hall–Kier alpha value is -2.39. The molecule has 0 radical (unpaired) electrons. The number of aliphatic carboxylic acids is 1. The fourth-order valence-electron chi connectivity index (χ4n) is 4.19. The van der Waals surface area contributed by atoms with Crippen molar-refractivity contribution in [3.8, 4) is 0 Å². The third kappa shape index (κ3) is 7.36. The van der Waals surface area contributed by atoms with Crippen molar-refractivity contribution in [3.63, 3.8) is 0 Å². The average Bonchev–Trinajstić information content (AvgIpc) is 2.67. The second-order valence-corrected chi connectivity index (χ2v) is 8.39. The summed E-state index contributed by atoms with van der Waals surface area (Å²) in [6.07, 6.45) is -0.635. The number of ether oxygens (including phenoxy) is 1. The van der Waals surface area contributed by atoms with E-state index >= 15 is 0 Å². The van der Waals surface area contributed by atoms with Crippen molar-refractivity contribution in [2.75, 3.05) is 6.61 Å². The molecule has 174 valence electrons. The van der Waals surface area contributed by atoms with Crippen molar-refractivity contribution in [2.24, 2.45) is 17.3 Å². The van der Waals surface area contributed by atoms with Crippen LogP contribution in [-0.2, 0) is 28.7 Å². The van der Waals surface area contributed by atoms with Gasteiger partial charge in [0.25, 0.3) is 0 Å². The predicted molar refractivity (Wildman–Crippen MR) is 109 cm³/mol. The molecule has 1 rings (SSSR count). The number of rotatable bonds is 12. The normalized spacial score (nSPS) is 27.5. The molecule has 0 amide bonds. The Balaban J connectivity index is 2.93. The van der Waals surface area contributed by atoms with Crippen molar-refractivity contribution in [1.82, 2.24) is 0 Å². The first-order valence-electron chi connectivity index (χ1n) is 10.4. The molecule has 0 aromatic carbocycles. The van der Waals surface area contributed by atoms with Gasteiger partial charge in [0.05, 0.1) is 25.6 Å². The highest BCUT2D eigenvalue weighted by Gasteiger charge is 2.53. The van der Waals surface area contributed by atoms with Crippen LogP contribution in [0, 0.1) is 17.3 Å². The summed E-state index contributed by atoms with van der Waals surface area (Å²) in [5.74, 6) is -4.43. The van der Waals surface area contributed by atoms with E-state index in [0.717, 1.165) is 6.08 Å². The number of Topliss-reactive ketones (excluding diaryl/α,β-unsaturated/α-hetero) is 2. The molecule has 1 saturated carbocycles. The zero-order chi connectivity index (χ0) is 23.8. The maximum atomic E-state index is 12.9. The minimum atomic E-state index is -1.36. The van der Waals surface area contributed by atoms with Crippen LogP contribution in [0.25, 0.3) is 0 Å². The quantitative estimate of drug-likeness (QED) is 0.176. The molecule has 0 bridgehead atoms. The van der Waals surface area contributed by atoms with Crippen LogP contribution in [0.15, 0.2) is 11.6 Å². The maximum absolute atomic E-state index is 12.9. The first kappa shape index (κ1) is 26.6. The van der Waals surface area contributed by atoms with Crippen molar-refractivity contribution >= 4 is 29.8 Å². The molecule has 5 atom stereocenters. The first-order valence-corrected chi connectivity index (χ1v) is 10.4. The van der Waals surface area contributed by atoms with Crippen molar-refractivity contribution in [1.29, 1.82) is 0 Å². The van der Waals surface area contributed by atoms with E-state index < -0.39 is 53.0 Å². The highest BCUT2D eigenvalue weighted by atomic mass is 16.5. The maximum Gasteiger partial charge on any atom is 0.328 e. The number of carboxylic acid groups (broad SMARTS) is 1. The van der Waals surface area contributed by atoms with Gasteiger partial charge in [-0.05, 0) is 38.5 Å². The van der Waals surface area contributed by atoms with Crippen LogP contribution < -0.4 is 0 Å². The summed E-state index contributed by atoms with van der Waals surface area (Å²) in [4.78, 5) is 59.1. The van der Waals surface area contributed by atoms with Gasteiger partial charge < -0.3 is 24.9 Å². The third-order valence-electron chi connectivity index (χ3n) is 5.95. The smallest absolute Gasteiger partial charge is 0.328 e. The number of hydrogen-bond donors (Lipinski definition) is 3. The van der Waals surface area contributed by atoms with Crippen LogP contribution in [-0.4, -0.2) is 63.9 Å². The molecule has 3 N–H and O–H groups in total. The topological polar surface area (TPSA) is 155 Å². The van der Waals surface area contributed by atoms with Crippen LogP contribution in [0.3, 0.4) is 0 Å². The minimum absolute atomic E-state index is 0.0204. The number of esters is 1. The predicted octanol–water partition coefficient (Wildman–Crippen LogP) is 1.23. The zero-order valence-corrected chi connectivity index (χ0v) is 18.2. The molecule has 1 aliphatic carbocycles. The Morgan fingerprint density at radius 2 is 1.97 bits per heavy atom. The molecule has 0 aliphatic heterocycles. The Labute approximate surface area is 181 Å². The van der Waals surface area contributed by atoms with E-state index in [1.165, 1.54) is 6.92 Å². The number of aliphatic hydroxyl groups is 2. The summed E-state index contributed by atoms with van der Waals surface area (Å²) in [6, 6.07) is 0. The van der Waals surface area contributed by atoms with Gasteiger partial charge in [-0.3, -0.25) is 14.4 Å². The Morgan fingerprint density at radius 1 is 1.32 bits per heavy atom. The van der Waals surface area contributed by atoms with E-state index in [4.69, 9.17) is 9.84 Å². The lowest BCUT2D eigenvalue weighted by molar-refractivity contribution is -0.158. The molecule has 9 heteroatoms. The van der Waals surface area contributed by atoms with Crippen LogP contribution in [0.2, 0.25) is 0 Å². The fraction of sp³-hybridized carbons (Fsp3) is 0.682. The molecule has 31 heavy (non-hydrogen) atoms. The fourth-order valence-corrected chi connectivity index (χ4v) is 4.19. The number of hydrogen-bond acceptors (Lipinski definition) is 8. The lowest BCUT2D eigenvalue weighted by Gasteiger charge is -2.45. The summed E-state index contributed by atoms with van der Waals surface area (Å²) in [5, 5.41) is 29.1. The largest absolute Gasteiger partial charge is 0.478 e. The lowest BCUT2D eigenvalue weighted by Crippen LogP contribution is -2.53. The van der Waals surface area contributed by atoms with Crippen molar-refractivity contribution < 1.29 is 44.0 Å². The molecule has 9 nitrogen and oxygen atoms in total. The highest BCUT2D eigenvalue weighted by Crippen LogP contribution is 2.46. The number of ketones is 2. The standard InChI is InChI=1S/C22H32O9/c1-4-15(24)11-14-12-22(3,17(25)5-7-23)16(21(30)20(14)29)6-8-31-19(28)10-13(2)9-18(26)27/h7,9,14-16,20,24,29H,4-6,8,10-12H2,1-3H3,(H,26,27). The molecule has 1 aliphatic rings. The van der Waals surface area contributed by atoms with Crippen LogP contribution in [0.5, 0.6) is 0 Å². The van der Waals surface area contributed by atoms with Gasteiger partial charge in [-0.1, -0.05) is 19.4 Å². The summed E-state index contributed by atoms with van der Waals surface area (Å²) in [5.41, 5.74) is -0.939. The first-order chi connectivity index (χ1) is 14.5. The van der Waals surface area contributed by atoms with E-state index in [2.05, 4.69) is 0 Å². The Kier molecular flexibility index (Phi) is 10.2. The van der Waals surface area contributed by atoms with Gasteiger partial charge >= 0.3 is 11.9 Å². The van der Waals surface area contributed by atoms with Crippen molar-refractivity contribution in [2.45, 2.75) is 71.5 Å². The molecular formula is C22H32O9. The van der Waals surface area contributed by atoms with E-state index in [-0.39, 0.29) is 38.7 Å². The molecule has 1 fully saturated rings. The van der Waals surface area contributed by atoms with Gasteiger partial charge in [0.1, 0.15) is 18.2 Å². The highest BCUT2D eigenvalue weighted by molar-refractivity contribution is 5.99. The summed E-state index contributed by atoms with van der Waals surface area (Å²) in [6.45, 7) is 4.61. The molecule has 0 spiro atoms. The molecule has 0 saturated heterocycles. The van der Waals surface area contributed by atoms with E-state index in [1.807, 2.05) is 0 Å². The van der Waals surface area contributed by atoms with E-state index in [9.17, 15) is 34.2 Å². The van der Waals surface area contributed by atoms with Gasteiger partial charge in [-0.15, -0.1) is 0 Å². The second-order valence-electron chi connectivity index (χ2n) is 8.39. The zero-order valence-electron chi connectivity index (χ0n) is 18.2. The summed E-state index contributed by atoms with van der Waals surface area (Å²) >= 11 is 0. The minimum Gasteiger partial charge on any atom is -0.478 e. The number of aliphatic hydroxyl groups excluding tert-OH is 2. The van der Waals surface area contributed by atoms with Gasteiger partial charge in [0, 0.05) is 17.4 Å². The van der Waals surface area contributed by atoms with E-state index in [0.29, 0.717) is 18.3 Å². The van der Waals surface area contributed by atoms with Crippen LogP contribution in [0.4, 0.5) is 0 Å². The SMILES string of the molecule is CCC(O)CC1CC(C)(C(=O)CC=O)C(CCOC(=O)CC(C)=CC(=O)O)C(=O)C1O. The lowest BCUT2D eigenvalue weighted by atomic mass is 9.58. The summed E-state index contributed by atoms with van der Waals surface area (Å²) in [7, 11) is 0. The Morgan fingerprint density at radius 3 is 2.52 bits per heavy atom.